The average Bonchev–Trinajstić information content (AvgIpc) is 2.66. The number of ether oxygens (including phenoxy) is 1. The Morgan fingerprint density at radius 2 is 1.97 bits per heavy atom. The van der Waals surface area contributed by atoms with E-state index in [-0.39, 0.29) is 28.2 Å². The van der Waals surface area contributed by atoms with Crippen molar-refractivity contribution in [1.29, 1.82) is 0 Å². The zero-order valence-electron chi connectivity index (χ0n) is 15.1. The molecule has 0 aromatic heterocycles. The highest BCUT2D eigenvalue weighted by Gasteiger charge is 2.51. The maximum Gasteiger partial charge on any atom is 0.525 e. The number of halogens is 3. The lowest BCUT2D eigenvalue weighted by Gasteiger charge is -2.31. The van der Waals surface area contributed by atoms with E-state index in [0.717, 1.165) is 0 Å². The number of carbonyl (C=O) groups excluding carboxylic acids is 2. The summed E-state index contributed by atoms with van der Waals surface area (Å²) in [6, 6.07) is 6.89. The summed E-state index contributed by atoms with van der Waals surface area (Å²) in [6.45, 7) is 1.03. The van der Waals surface area contributed by atoms with Crippen LogP contribution in [0.3, 0.4) is 0 Å². The van der Waals surface area contributed by atoms with Crippen molar-refractivity contribution in [3.63, 3.8) is 0 Å². The number of hydrogen-bond acceptors (Lipinski definition) is 7. The summed E-state index contributed by atoms with van der Waals surface area (Å²) >= 11 is 0. The van der Waals surface area contributed by atoms with Gasteiger partial charge in [0, 0.05) is 23.4 Å². The summed E-state index contributed by atoms with van der Waals surface area (Å²) in [5.41, 5.74) is -5.64. The van der Waals surface area contributed by atoms with Crippen LogP contribution in [0.2, 0.25) is 0 Å². The van der Waals surface area contributed by atoms with Crippen molar-refractivity contribution in [3.8, 4) is 11.8 Å². The molecular formula is C18H12F3NO7S. The fourth-order valence-corrected chi connectivity index (χ4v) is 3.23. The van der Waals surface area contributed by atoms with Crippen LogP contribution in [-0.4, -0.2) is 42.6 Å². The van der Waals surface area contributed by atoms with E-state index in [1.165, 1.54) is 31.2 Å². The first-order chi connectivity index (χ1) is 13.9. The van der Waals surface area contributed by atoms with E-state index >= 15 is 0 Å². The molecule has 3 rings (SSSR count). The van der Waals surface area contributed by atoms with Gasteiger partial charge >= 0.3 is 21.6 Å². The predicted octanol–water partition coefficient (Wildman–Crippen LogP) is 1.98. The van der Waals surface area contributed by atoms with Gasteiger partial charge in [-0.2, -0.15) is 26.7 Å². The highest BCUT2D eigenvalue weighted by molar-refractivity contribution is 7.87. The monoisotopic (exact) mass is 443 g/mol. The lowest BCUT2D eigenvalue weighted by molar-refractivity contribution is -0.151. The molecule has 1 heterocycles. The van der Waals surface area contributed by atoms with E-state index in [2.05, 4.69) is 16.1 Å². The van der Waals surface area contributed by atoms with Crippen LogP contribution in [0.1, 0.15) is 34.6 Å². The smallest absolute Gasteiger partial charge is 0.453 e. The van der Waals surface area contributed by atoms with Gasteiger partial charge in [-0.15, -0.1) is 4.28 Å². The van der Waals surface area contributed by atoms with E-state index in [9.17, 15) is 36.3 Å². The van der Waals surface area contributed by atoms with Gasteiger partial charge < -0.3 is 9.84 Å². The van der Waals surface area contributed by atoms with Crippen molar-refractivity contribution in [2.24, 2.45) is 0 Å². The minimum Gasteiger partial charge on any atom is -0.453 e. The van der Waals surface area contributed by atoms with Crippen molar-refractivity contribution in [1.82, 2.24) is 5.06 Å². The third-order valence-corrected chi connectivity index (χ3v) is 4.96. The third-order valence-electron chi connectivity index (χ3n) is 4.04. The van der Waals surface area contributed by atoms with Crippen LogP contribution in [0, 0.1) is 11.8 Å². The molecular weight excluding hydrogens is 431 g/mol. The van der Waals surface area contributed by atoms with E-state index in [1.807, 2.05) is 0 Å². The van der Waals surface area contributed by atoms with E-state index in [1.54, 1.807) is 6.07 Å². The maximum atomic E-state index is 12.6. The Bertz CT molecular complexity index is 1210. The molecule has 8 nitrogen and oxygen atoms in total. The quantitative estimate of drug-likeness (QED) is 0.439. The maximum absolute atomic E-state index is 12.6. The van der Waals surface area contributed by atoms with Gasteiger partial charge in [0.2, 0.25) is 0 Å². The average molecular weight is 443 g/mol. The number of alkyl halides is 3. The zero-order valence-corrected chi connectivity index (χ0v) is 15.9. The lowest BCUT2D eigenvalue weighted by Crippen LogP contribution is -2.42. The third kappa shape index (κ3) is 3.82. The molecule has 1 N–H and O–H groups in total. The molecule has 1 aliphatic heterocycles. The molecule has 0 saturated carbocycles. The van der Waals surface area contributed by atoms with Crippen molar-refractivity contribution in [2.75, 3.05) is 6.61 Å². The normalized spacial score (nSPS) is 16.2. The van der Waals surface area contributed by atoms with E-state index < -0.39 is 33.7 Å². The summed E-state index contributed by atoms with van der Waals surface area (Å²) in [4.78, 5) is 23.4. The van der Waals surface area contributed by atoms with Gasteiger partial charge in [-0.1, -0.05) is 30.0 Å². The van der Waals surface area contributed by atoms with Gasteiger partial charge in [-0.05, 0) is 17.5 Å². The number of hydroxylamine groups is 2. The lowest BCUT2D eigenvalue weighted by atomic mass is 9.92. The summed E-state index contributed by atoms with van der Waals surface area (Å²) in [5.74, 6) is 3.53. The minimum absolute atomic E-state index is 0.0527. The number of carbonyl (C=O) groups is 2. The SMILES string of the molecule is CC(=O)OCC#Cc1ccc2c3c(cccc13)C(O)N(OS(=O)(=O)C(F)(F)F)C2=O. The van der Waals surface area contributed by atoms with Crippen molar-refractivity contribution < 1.29 is 45.3 Å². The number of nitrogens with zero attached hydrogens (tertiary/aromatic N) is 1. The predicted molar refractivity (Wildman–Crippen MR) is 94.6 cm³/mol. The Morgan fingerprint density at radius 1 is 1.27 bits per heavy atom. The van der Waals surface area contributed by atoms with Crippen molar-refractivity contribution >= 4 is 32.8 Å². The van der Waals surface area contributed by atoms with Crippen molar-refractivity contribution in [2.45, 2.75) is 18.7 Å². The first kappa shape index (κ1) is 21.6. The Hall–Kier alpha value is -3.14. The van der Waals surface area contributed by atoms with Crippen LogP contribution in [0.15, 0.2) is 30.3 Å². The van der Waals surface area contributed by atoms with Gasteiger partial charge in [0.1, 0.15) is 0 Å². The molecule has 1 amide bonds. The Morgan fingerprint density at radius 3 is 2.60 bits per heavy atom. The molecule has 0 fully saturated rings. The molecule has 0 radical (unpaired) electrons. The van der Waals surface area contributed by atoms with Crippen LogP contribution < -0.4 is 0 Å². The van der Waals surface area contributed by atoms with Crippen molar-refractivity contribution in [3.05, 3.63) is 47.0 Å². The number of rotatable bonds is 3. The molecule has 158 valence electrons. The molecule has 0 spiro atoms. The Labute approximate surface area is 167 Å². The number of benzene rings is 2. The minimum atomic E-state index is -6.18. The molecule has 0 aliphatic carbocycles. The van der Waals surface area contributed by atoms with Gasteiger partial charge in [-0.25, -0.2) is 0 Å². The van der Waals surface area contributed by atoms with Crippen LogP contribution in [0.5, 0.6) is 0 Å². The number of esters is 1. The summed E-state index contributed by atoms with van der Waals surface area (Å²) in [6.07, 6.45) is -2.12. The van der Waals surface area contributed by atoms with Crippen LogP contribution in [0.25, 0.3) is 10.8 Å². The number of hydrogen-bond donors (Lipinski definition) is 1. The van der Waals surface area contributed by atoms with E-state index in [0.29, 0.717) is 10.9 Å². The summed E-state index contributed by atoms with van der Waals surface area (Å²) in [7, 11) is -6.18. The summed E-state index contributed by atoms with van der Waals surface area (Å²) < 4.78 is 69.1. The highest BCUT2D eigenvalue weighted by Crippen LogP contribution is 2.38. The Kier molecular flexibility index (Phi) is 5.46. The first-order valence-electron chi connectivity index (χ1n) is 8.14. The molecule has 30 heavy (non-hydrogen) atoms. The molecule has 0 bridgehead atoms. The van der Waals surface area contributed by atoms with Gasteiger partial charge in [-0.3, -0.25) is 9.59 Å². The van der Waals surface area contributed by atoms with Gasteiger partial charge in [0.05, 0.1) is 5.56 Å². The first-order valence-corrected chi connectivity index (χ1v) is 9.55. The molecule has 0 saturated heterocycles. The second-order valence-corrected chi connectivity index (χ2v) is 7.51. The highest BCUT2D eigenvalue weighted by atomic mass is 32.2. The number of aliphatic hydroxyl groups is 1. The fraction of sp³-hybridized carbons (Fsp3) is 0.222. The van der Waals surface area contributed by atoms with Crippen LogP contribution in [0.4, 0.5) is 13.2 Å². The van der Waals surface area contributed by atoms with Crippen LogP contribution >= 0.6 is 0 Å². The molecule has 2 aromatic carbocycles. The molecule has 2 aromatic rings. The Balaban J connectivity index is 2.06. The van der Waals surface area contributed by atoms with Crippen LogP contribution in [-0.2, 0) is 23.9 Å². The molecule has 1 unspecified atom stereocenters. The topological polar surface area (TPSA) is 110 Å². The molecule has 1 aliphatic rings. The zero-order chi connectivity index (χ0) is 22.3. The second kappa shape index (κ2) is 7.60. The standard InChI is InChI=1S/C18H12F3NO7S/c1-10(23)28-9-3-4-11-7-8-14-15-12(11)5-2-6-13(15)16(24)22(17(14)25)29-30(26,27)18(19,20)21/h2,5-8,16,24H,9H2,1H3. The van der Waals surface area contributed by atoms with E-state index in [4.69, 9.17) is 4.74 Å². The molecule has 1 atom stereocenters. The number of amides is 1. The number of aliphatic hydroxyl groups excluding tert-OH is 1. The van der Waals surface area contributed by atoms with Gasteiger partial charge in [0.25, 0.3) is 5.91 Å². The molecule has 12 heteroatoms. The second-order valence-electron chi connectivity index (χ2n) is 5.99. The fourth-order valence-electron chi connectivity index (χ4n) is 2.79. The largest absolute Gasteiger partial charge is 0.525 e. The van der Waals surface area contributed by atoms with Gasteiger partial charge in [0.15, 0.2) is 12.8 Å². The summed E-state index contributed by atoms with van der Waals surface area (Å²) in [5, 5.41) is 10.7.